The Kier molecular flexibility index (Phi) is 6.56. The average molecular weight is 289 g/mol. The van der Waals surface area contributed by atoms with Gasteiger partial charge in [-0.2, -0.15) is 0 Å². The maximum Gasteiger partial charge on any atom is 0.122 e. The Morgan fingerprint density at radius 1 is 1.00 bits per heavy atom. The minimum Gasteiger partial charge on any atom is -0.491 e. The number of para-hydroxylation sites is 1. The zero-order chi connectivity index (χ0) is 15.0. The van der Waals surface area contributed by atoms with E-state index in [1.165, 1.54) is 56.9 Å². The summed E-state index contributed by atoms with van der Waals surface area (Å²) in [7, 11) is 0. The quantitative estimate of drug-likeness (QED) is 0.660. The second kappa shape index (κ2) is 8.43. The van der Waals surface area contributed by atoms with Crippen LogP contribution in [0.2, 0.25) is 0 Å². The van der Waals surface area contributed by atoms with Gasteiger partial charge in [0.15, 0.2) is 0 Å². The number of fused-ring (bicyclic) bond motifs is 1. The van der Waals surface area contributed by atoms with Crippen LogP contribution in [0, 0.1) is 0 Å². The average Bonchev–Trinajstić information content (AvgIpc) is 2.50. The highest BCUT2D eigenvalue weighted by Crippen LogP contribution is 2.30. The monoisotopic (exact) mass is 289 g/mol. The van der Waals surface area contributed by atoms with Crippen LogP contribution in [0.3, 0.4) is 0 Å². The molecule has 0 aromatic heterocycles. The van der Waals surface area contributed by atoms with Gasteiger partial charge in [-0.1, -0.05) is 76.5 Å². The summed E-state index contributed by atoms with van der Waals surface area (Å²) in [6.45, 7) is 2.94. The third-order valence-electron chi connectivity index (χ3n) is 4.56. The lowest BCUT2D eigenvalue weighted by molar-refractivity contribution is 0.178. The Labute approximate surface area is 130 Å². The smallest absolute Gasteiger partial charge is 0.122 e. The van der Waals surface area contributed by atoms with Crippen molar-refractivity contribution in [2.24, 2.45) is 5.73 Å². The van der Waals surface area contributed by atoms with E-state index in [4.69, 9.17) is 10.5 Å². The minimum absolute atomic E-state index is 0.156. The van der Waals surface area contributed by atoms with Crippen LogP contribution in [0.15, 0.2) is 24.3 Å². The predicted molar refractivity (Wildman–Crippen MR) is 89.8 cm³/mol. The molecule has 118 valence electrons. The molecule has 1 aliphatic rings. The van der Waals surface area contributed by atoms with E-state index in [2.05, 4.69) is 19.1 Å². The molecule has 21 heavy (non-hydrogen) atoms. The topological polar surface area (TPSA) is 35.2 Å². The van der Waals surface area contributed by atoms with Crippen molar-refractivity contribution in [3.05, 3.63) is 29.8 Å². The fourth-order valence-electron chi connectivity index (χ4n) is 3.21. The molecular formula is C19H31NO. The summed E-state index contributed by atoms with van der Waals surface area (Å²) < 4.78 is 5.84. The van der Waals surface area contributed by atoms with Crippen molar-refractivity contribution < 1.29 is 4.74 Å². The van der Waals surface area contributed by atoms with Gasteiger partial charge < -0.3 is 10.5 Å². The molecule has 0 saturated carbocycles. The van der Waals surface area contributed by atoms with E-state index in [1.54, 1.807) is 0 Å². The lowest BCUT2D eigenvalue weighted by Crippen LogP contribution is -2.49. The van der Waals surface area contributed by atoms with Crippen molar-refractivity contribution in [2.45, 2.75) is 76.7 Å². The molecule has 2 heteroatoms. The predicted octanol–water partition coefficient (Wildman–Crippen LogP) is 4.85. The largest absolute Gasteiger partial charge is 0.491 e. The van der Waals surface area contributed by atoms with Crippen molar-refractivity contribution in [3.8, 4) is 5.75 Å². The van der Waals surface area contributed by atoms with Crippen molar-refractivity contribution in [3.63, 3.8) is 0 Å². The van der Waals surface area contributed by atoms with Crippen LogP contribution in [0.5, 0.6) is 5.75 Å². The number of hydrogen-bond donors (Lipinski definition) is 1. The number of benzene rings is 1. The summed E-state index contributed by atoms with van der Waals surface area (Å²) in [5.41, 5.74) is 7.64. The molecule has 0 aliphatic carbocycles. The molecular weight excluding hydrogens is 258 g/mol. The van der Waals surface area contributed by atoms with Crippen LogP contribution in [0.4, 0.5) is 0 Å². The van der Waals surface area contributed by atoms with Gasteiger partial charge in [0.2, 0.25) is 0 Å². The third-order valence-corrected chi connectivity index (χ3v) is 4.56. The van der Waals surface area contributed by atoms with Crippen molar-refractivity contribution in [1.82, 2.24) is 0 Å². The van der Waals surface area contributed by atoms with Crippen LogP contribution >= 0.6 is 0 Å². The Morgan fingerprint density at radius 3 is 2.43 bits per heavy atom. The van der Waals surface area contributed by atoms with E-state index >= 15 is 0 Å². The lowest BCUT2D eigenvalue weighted by atomic mass is 9.85. The van der Waals surface area contributed by atoms with E-state index < -0.39 is 0 Å². The number of nitrogens with two attached hydrogens (primary N) is 1. The Hall–Kier alpha value is -1.02. The summed E-state index contributed by atoms with van der Waals surface area (Å²) in [4.78, 5) is 0. The minimum atomic E-state index is -0.156. The van der Waals surface area contributed by atoms with Crippen molar-refractivity contribution in [1.29, 1.82) is 0 Å². The van der Waals surface area contributed by atoms with Gasteiger partial charge >= 0.3 is 0 Å². The zero-order valence-corrected chi connectivity index (χ0v) is 13.6. The van der Waals surface area contributed by atoms with Gasteiger partial charge in [-0.3, -0.25) is 0 Å². The van der Waals surface area contributed by atoms with Crippen LogP contribution in [0.1, 0.15) is 70.3 Å². The maximum atomic E-state index is 6.53. The molecule has 0 saturated heterocycles. The number of ether oxygens (including phenoxy) is 1. The Balaban J connectivity index is 1.63. The normalized spacial score (nSPS) is 20.9. The maximum absolute atomic E-state index is 6.53. The van der Waals surface area contributed by atoms with Gasteiger partial charge in [-0.15, -0.1) is 0 Å². The second-order valence-corrected chi connectivity index (χ2v) is 6.66. The molecule has 2 N–H and O–H groups in total. The molecule has 0 amide bonds. The number of rotatable bonds is 9. The van der Waals surface area contributed by atoms with Crippen LogP contribution in [-0.2, 0) is 6.42 Å². The molecule has 1 aliphatic heterocycles. The summed E-state index contributed by atoms with van der Waals surface area (Å²) in [5, 5.41) is 0. The second-order valence-electron chi connectivity index (χ2n) is 6.66. The van der Waals surface area contributed by atoms with Crippen LogP contribution in [0.25, 0.3) is 0 Å². The summed E-state index contributed by atoms with van der Waals surface area (Å²) >= 11 is 0. The molecule has 0 fully saturated rings. The first-order valence-electron chi connectivity index (χ1n) is 8.73. The summed E-state index contributed by atoms with van der Waals surface area (Å²) in [6.07, 6.45) is 12.9. The fraction of sp³-hybridized carbons (Fsp3) is 0.684. The van der Waals surface area contributed by atoms with E-state index in [0.29, 0.717) is 6.61 Å². The first kappa shape index (κ1) is 16.4. The molecule has 1 atom stereocenters. The molecule has 2 nitrogen and oxygen atoms in total. The van der Waals surface area contributed by atoms with Crippen molar-refractivity contribution >= 4 is 0 Å². The highest BCUT2D eigenvalue weighted by atomic mass is 16.5. The van der Waals surface area contributed by atoms with E-state index in [1.807, 2.05) is 12.1 Å². The van der Waals surface area contributed by atoms with Gasteiger partial charge in [0.25, 0.3) is 0 Å². The van der Waals surface area contributed by atoms with Gasteiger partial charge in [0.1, 0.15) is 12.4 Å². The molecule has 1 aromatic carbocycles. The molecule has 1 heterocycles. The molecule has 0 bridgehead atoms. The molecule has 0 radical (unpaired) electrons. The lowest BCUT2D eigenvalue weighted by Gasteiger charge is -2.34. The summed E-state index contributed by atoms with van der Waals surface area (Å²) in [5.74, 6) is 1.02. The summed E-state index contributed by atoms with van der Waals surface area (Å²) in [6, 6.07) is 8.29. The Bertz CT molecular complexity index is 418. The fourth-order valence-corrected chi connectivity index (χ4v) is 3.21. The van der Waals surface area contributed by atoms with Crippen LogP contribution in [-0.4, -0.2) is 12.1 Å². The van der Waals surface area contributed by atoms with Gasteiger partial charge in [0, 0.05) is 0 Å². The highest BCUT2D eigenvalue weighted by Gasteiger charge is 2.31. The number of hydrogen-bond acceptors (Lipinski definition) is 2. The highest BCUT2D eigenvalue weighted by molar-refractivity contribution is 5.36. The first-order chi connectivity index (χ1) is 10.2. The van der Waals surface area contributed by atoms with E-state index in [-0.39, 0.29) is 5.54 Å². The SMILES string of the molecule is CCCCCCCCCCC1(N)COc2ccccc2C1. The van der Waals surface area contributed by atoms with Gasteiger partial charge in [0.05, 0.1) is 5.54 Å². The molecule has 1 unspecified atom stereocenters. The molecule has 2 rings (SSSR count). The van der Waals surface area contributed by atoms with E-state index in [0.717, 1.165) is 18.6 Å². The third kappa shape index (κ3) is 5.35. The van der Waals surface area contributed by atoms with Crippen molar-refractivity contribution in [2.75, 3.05) is 6.61 Å². The number of unbranched alkanes of at least 4 members (excludes halogenated alkanes) is 7. The molecule has 1 aromatic rings. The Morgan fingerprint density at radius 2 is 1.67 bits per heavy atom. The van der Waals surface area contributed by atoms with Gasteiger partial charge in [-0.25, -0.2) is 0 Å². The van der Waals surface area contributed by atoms with E-state index in [9.17, 15) is 0 Å². The first-order valence-corrected chi connectivity index (χ1v) is 8.73. The van der Waals surface area contributed by atoms with Crippen LogP contribution < -0.4 is 10.5 Å². The standard InChI is InChI=1S/C19H31NO/c1-2-3-4-5-6-7-8-11-14-19(20)15-17-12-9-10-13-18(17)21-16-19/h9-10,12-13H,2-8,11,14-16,20H2,1H3. The molecule has 0 spiro atoms. The van der Waals surface area contributed by atoms with Gasteiger partial charge in [-0.05, 0) is 24.5 Å². The zero-order valence-electron chi connectivity index (χ0n) is 13.6.